The molecule has 0 N–H and O–H groups in total. The molecule has 0 atom stereocenters. The van der Waals surface area contributed by atoms with Gasteiger partial charge in [0, 0.05) is 44.5 Å². The van der Waals surface area contributed by atoms with Crippen molar-refractivity contribution >= 4 is 17.3 Å². The molecule has 0 bridgehead atoms. The van der Waals surface area contributed by atoms with Gasteiger partial charge in [0.15, 0.2) is 17.3 Å². The topological polar surface area (TPSA) is 80.5 Å². The van der Waals surface area contributed by atoms with Gasteiger partial charge >= 0.3 is 0 Å². The smallest absolute Gasteiger partial charge is 0.168 e. The average Bonchev–Trinajstić information content (AvgIpc) is 3.25. The van der Waals surface area contributed by atoms with Gasteiger partial charge in [-0.1, -0.05) is 32.9 Å². The standard InChI is InChI=1S/C24H32N2O4/c1-23(2)12-18(28)22(19(29)13-23)16(26-9-5-6-10-26)8-7-15-21-17(27)11-24(3,4)14-20(21)30-25-15/h5-14H2,1-4H3. The second kappa shape index (κ2) is 7.47. The van der Waals surface area contributed by atoms with E-state index in [-0.39, 0.29) is 28.2 Å². The molecule has 2 aliphatic carbocycles. The van der Waals surface area contributed by atoms with E-state index in [0.717, 1.165) is 31.6 Å². The normalized spacial score (nSPS) is 23.1. The molecule has 1 aliphatic heterocycles. The second-order valence-corrected chi connectivity index (χ2v) is 10.7. The molecule has 1 aromatic heterocycles. The number of carbonyl (C=O) groups is 3. The molecule has 6 heteroatoms. The number of fused-ring (bicyclic) bond motifs is 1. The Hall–Kier alpha value is -2.24. The van der Waals surface area contributed by atoms with Crippen LogP contribution >= 0.6 is 0 Å². The van der Waals surface area contributed by atoms with Crippen LogP contribution in [0.5, 0.6) is 0 Å². The van der Waals surface area contributed by atoms with Crippen LogP contribution in [-0.4, -0.2) is 40.5 Å². The molecule has 0 amide bonds. The number of carbonyl (C=O) groups excluding carboxylic acids is 3. The van der Waals surface area contributed by atoms with Crippen LogP contribution in [0.25, 0.3) is 0 Å². The van der Waals surface area contributed by atoms with Crippen LogP contribution in [0.2, 0.25) is 0 Å². The maximum absolute atomic E-state index is 12.9. The highest BCUT2D eigenvalue weighted by Crippen LogP contribution is 2.38. The molecule has 2 fully saturated rings. The van der Waals surface area contributed by atoms with Crippen LogP contribution in [0.15, 0.2) is 15.8 Å². The highest BCUT2D eigenvalue weighted by Gasteiger charge is 2.39. The van der Waals surface area contributed by atoms with E-state index in [4.69, 9.17) is 4.52 Å². The Kier molecular flexibility index (Phi) is 5.23. The van der Waals surface area contributed by atoms with E-state index >= 15 is 0 Å². The van der Waals surface area contributed by atoms with E-state index in [0.29, 0.717) is 61.1 Å². The SMILES string of the molecule is CC1(C)CC(=O)C(=C(CCc2noc3c2C(=O)CC(C)(C)C3)N2CCCC2)C(=O)C1. The summed E-state index contributed by atoms with van der Waals surface area (Å²) >= 11 is 0. The van der Waals surface area contributed by atoms with Crippen molar-refractivity contribution in [2.24, 2.45) is 10.8 Å². The quantitative estimate of drug-likeness (QED) is 0.548. The zero-order valence-corrected chi connectivity index (χ0v) is 18.6. The highest BCUT2D eigenvalue weighted by atomic mass is 16.5. The lowest BCUT2D eigenvalue weighted by Crippen LogP contribution is -2.35. The fourth-order valence-electron chi connectivity index (χ4n) is 5.24. The molecule has 1 saturated heterocycles. The van der Waals surface area contributed by atoms with E-state index in [2.05, 4.69) is 23.9 Å². The summed E-state index contributed by atoms with van der Waals surface area (Å²) in [6.45, 7) is 9.81. The molecule has 0 radical (unpaired) electrons. The van der Waals surface area contributed by atoms with Crippen LogP contribution in [-0.2, 0) is 22.4 Å². The molecule has 0 unspecified atom stereocenters. The van der Waals surface area contributed by atoms with Gasteiger partial charge in [0.05, 0.1) is 16.8 Å². The predicted octanol–water partition coefficient (Wildman–Crippen LogP) is 4.07. The first kappa shape index (κ1) is 21.0. The lowest BCUT2D eigenvalue weighted by atomic mass is 9.73. The van der Waals surface area contributed by atoms with Crippen LogP contribution in [0.1, 0.15) is 88.0 Å². The van der Waals surface area contributed by atoms with Crippen LogP contribution in [0.3, 0.4) is 0 Å². The van der Waals surface area contributed by atoms with Crippen molar-refractivity contribution in [3.05, 3.63) is 28.3 Å². The Morgan fingerprint density at radius 3 is 2.10 bits per heavy atom. The van der Waals surface area contributed by atoms with Crippen molar-refractivity contribution in [2.75, 3.05) is 13.1 Å². The zero-order chi connectivity index (χ0) is 21.7. The van der Waals surface area contributed by atoms with E-state index in [1.165, 1.54) is 0 Å². The Bertz CT molecular complexity index is 907. The zero-order valence-electron chi connectivity index (χ0n) is 18.6. The van der Waals surface area contributed by atoms with Gasteiger partial charge in [-0.15, -0.1) is 0 Å². The summed E-state index contributed by atoms with van der Waals surface area (Å²) in [7, 11) is 0. The number of Topliss-reactive ketones (excluding diaryl/α,β-unsaturated/α-hetero) is 3. The van der Waals surface area contributed by atoms with Crippen molar-refractivity contribution in [1.82, 2.24) is 10.1 Å². The minimum Gasteiger partial charge on any atom is -0.374 e. The molecular weight excluding hydrogens is 380 g/mol. The van der Waals surface area contributed by atoms with Crippen molar-refractivity contribution < 1.29 is 18.9 Å². The third-order valence-corrected chi connectivity index (χ3v) is 6.60. The highest BCUT2D eigenvalue weighted by molar-refractivity contribution is 6.22. The summed E-state index contributed by atoms with van der Waals surface area (Å²) in [5, 5.41) is 4.21. The van der Waals surface area contributed by atoms with Gasteiger partial charge in [-0.2, -0.15) is 0 Å². The minimum absolute atomic E-state index is 0.0434. The van der Waals surface area contributed by atoms with Gasteiger partial charge in [0.2, 0.25) is 0 Å². The largest absolute Gasteiger partial charge is 0.374 e. The Morgan fingerprint density at radius 1 is 0.900 bits per heavy atom. The van der Waals surface area contributed by atoms with Crippen molar-refractivity contribution in [2.45, 2.75) is 79.1 Å². The van der Waals surface area contributed by atoms with Crippen LogP contribution < -0.4 is 0 Å². The molecule has 2 heterocycles. The maximum Gasteiger partial charge on any atom is 0.168 e. The van der Waals surface area contributed by atoms with Crippen molar-refractivity contribution in [1.29, 1.82) is 0 Å². The maximum atomic E-state index is 12.9. The van der Waals surface area contributed by atoms with Gasteiger partial charge < -0.3 is 9.42 Å². The number of nitrogens with zero attached hydrogens (tertiary/aromatic N) is 2. The molecule has 162 valence electrons. The number of allylic oxidation sites excluding steroid dienone is 2. The summed E-state index contributed by atoms with van der Waals surface area (Å²) in [5.41, 5.74) is 2.14. The Labute approximate surface area is 178 Å². The van der Waals surface area contributed by atoms with Crippen molar-refractivity contribution in [3.8, 4) is 0 Å². The van der Waals surface area contributed by atoms with Gasteiger partial charge in [-0.05, 0) is 36.5 Å². The second-order valence-electron chi connectivity index (χ2n) is 10.7. The third kappa shape index (κ3) is 4.01. The van der Waals surface area contributed by atoms with E-state index < -0.39 is 0 Å². The number of ketones is 3. The molecule has 3 aliphatic rings. The summed E-state index contributed by atoms with van der Waals surface area (Å²) in [4.78, 5) is 40.8. The van der Waals surface area contributed by atoms with E-state index in [9.17, 15) is 14.4 Å². The van der Waals surface area contributed by atoms with Crippen LogP contribution in [0, 0.1) is 10.8 Å². The first-order chi connectivity index (χ1) is 14.1. The van der Waals surface area contributed by atoms with E-state index in [1.54, 1.807) is 0 Å². The number of aromatic nitrogens is 1. The number of hydrogen-bond donors (Lipinski definition) is 0. The van der Waals surface area contributed by atoms with Gasteiger partial charge in [-0.25, -0.2) is 0 Å². The molecular formula is C24H32N2O4. The summed E-state index contributed by atoms with van der Waals surface area (Å²) in [6.07, 6.45) is 5.16. The fourth-order valence-corrected chi connectivity index (χ4v) is 5.24. The van der Waals surface area contributed by atoms with Crippen LogP contribution in [0.4, 0.5) is 0 Å². The number of hydrogen-bond acceptors (Lipinski definition) is 6. The Morgan fingerprint density at radius 2 is 1.47 bits per heavy atom. The first-order valence-electron chi connectivity index (χ1n) is 11.1. The number of rotatable bonds is 4. The fraction of sp³-hybridized carbons (Fsp3) is 0.667. The summed E-state index contributed by atoms with van der Waals surface area (Å²) in [5.74, 6) is 0.670. The average molecular weight is 413 g/mol. The molecule has 0 aromatic carbocycles. The minimum atomic E-state index is -0.280. The van der Waals surface area contributed by atoms with Crippen molar-refractivity contribution in [3.63, 3.8) is 0 Å². The van der Waals surface area contributed by atoms with Gasteiger partial charge in [-0.3, -0.25) is 14.4 Å². The molecule has 1 saturated carbocycles. The summed E-state index contributed by atoms with van der Waals surface area (Å²) < 4.78 is 5.53. The molecule has 30 heavy (non-hydrogen) atoms. The predicted molar refractivity (Wildman–Crippen MR) is 112 cm³/mol. The Balaban J connectivity index is 1.63. The molecule has 1 aromatic rings. The number of aryl methyl sites for hydroxylation is 1. The first-order valence-corrected chi connectivity index (χ1v) is 11.1. The lowest BCUT2D eigenvalue weighted by molar-refractivity contribution is -0.127. The lowest BCUT2D eigenvalue weighted by Gasteiger charge is -2.32. The third-order valence-electron chi connectivity index (χ3n) is 6.60. The van der Waals surface area contributed by atoms with E-state index in [1.807, 2.05) is 13.8 Å². The molecule has 6 nitrogen and oxygen atoms in total. The molecule has 4 rings (SSSR count). The van der Waals surface area contributed by atoms with Gasteiger partial charge in [0.25, 0.3) is 0 Å². The number of likely N-dealkylation sites (tertiary alicyclic amines) is 1. The monoisotopic (exact) mass is 412 g/mol. The summed E-state index contributed by atoms with van der Waals surface area (Å²) in [6, 6.07) is 0. The molecule has 0 spiro atoms. The van der Waals surface area contributed by atoms with Gasteiger partial charge in [0.1, 0.15) is 5.76 Å².